The second-order valence-corrected chi connectivity index (χ2v) is 6.72. The largest absolute Gasteiger partial charge is 0.473 e. The molecule has 0 spiro atoms. The van der Waals surface area contributed by atoms with Crippen LogP contribution in [0.2, 0.25) is 0 Å². The number of nitrogens with one attached hydrogen (secondary N) is 1. The Morgan fingerprint density at radius 1 is 1.12 bits per heavy atom. The van der Waals surface area contributed by atoms with Crippen LogP contribution in [0, 0.1) is 0 Å². The molecule has 2 aromatic heterocycles. The third-order valence-corrected chi connectivity index (χ3v) is 4.90. The molecule has 1 amide bonds. The van der Waals surface area contributed by atoms with Gasteiger partial charge in [-0.15, -0.1) is 11.8 Å². The zero-order valence-electron chi connectivity index (χ0n) is 13.3. The first-order valence-corrected chi connectivity index (χ1v) is 9.03. The molecule has 2 aromatic rings. The van der Waals surface area contributed by atoms with Crippen molar-refractivity contribution in [1.29, 1.82) is 0 Å². The maximum absolute atomic E-state index is 12.1. The highest BCUT2D eigenvalue weighted by Gasteiger charge is 2.23. The average molecular weight is 344 g/mol. The summed E-state index contributed by atoms with van der Waals surface area (Å²) in [5, 5.41) is 3.11. The predicted molar refractivity (Wildman–Crippen MR) is 91.8 cm³/mol. The molecule has 0 atom stereocenters. The second-order valence-electron chi connectivity index (χ2n) is 5.67. The van der Waals surface area contributed by atoms with Crippen LogP contribution in [0.4, 0.5) is 0 Å². The van der Waals surface area contributed by atoms with Crippen molar-refractivity contribution in [2.75, 3.05) is 5.75 Å². The summed E-state index contributed by atoms with van der Waals surface area (Å²) >= 11 is 1.53. The Balaban J connectivity index is 1.36. The van der Waals surface area contributed by atoms with Crippen LogP contribution in [-0.2, 0) is 4.79 Å². The molecule has 2 heterocycles. The molecule has 7 heteroatoms. The molecule has 0 aromatic carbocycles. The fourth-order valence-electron chi connectivity index (χ4n) is 2.69. The van der Waals surface area contributed by atoms with Gasteiger partial charge in [0.15, 0.2) is 0 Å². The predicted octanol–water partition coefficient (Wildman–Crippen LogP) is 2.47. The van der Waals surface area contributed by atoms with Crippen molar-refractivity contribution in [2.45, 2.75) is 42.7 Å². The van der Waals surface area contributed by atoms with Gasteiger partial charge < -0.3 is 10.1 Å². The number of hydrogen-bond donors (Lipinski definition) is 1. The lowest BCUT2D eigenvalue weighted by Crippen LogP contribution is -2.40. The maximum atomic E-state index is 12.1. The number of rotatable bonds is 6. The fraction of sp³-hybridized carbons (Fsp3) is 0.412. The Labute approximate surface area is 145 Å². The Hall–Kier alpha value is -2.15. The first-order chi connectivity index (χ1) is 11.8. The van der Waals surface area contributed by atoms with E-state index in [4.69, 9.17) is 4.74 Å². The first-order valence-electron chi connectivity index (χ1n) is 8.04. The van der Waals surface area contributed by atoms with E-state index in [1.807, 2.05) is 12.1 Å². The summed E-state index contributed by atoms with van der Waals surface area (Å²) in [6.45, 7) is 0. The second kappa shape index (κ2) is 8.63. The smallest absolute Gasteiger partial charge is 0.232 e. The van der Waals surface area contributed by atoms with E-state index < -0.39 is 0 Å². The van der Waals surface area contributed by atoms with E-state index in [9.17, 15) is 4.79 Å². The Morgan fingerprint density at radius 2 is 1.92 bits per heavy atom. The lowest BCUT2D eigenvalue weighted by molar-refractivity contribution is -0.119. The van der Waals surface area contributed by atoms with Crippen LogP contribution >= 0.6 is 11.8 Å². The summed E-state index contributed by atoms with van der Waals surface area (Å²) in [7, 11) is 0. The molecule has 0 aliphatic heterocycles. The van der Waals surface area contributed by atoms with E-state index in [0.29, 0.717) is 11.6 Å². The third-order valence-electron chi connectivity index (χ3n) is 3.89. The molecule has 3 rings (SSSR count). The summed E-state index contributed by atoms with van der Waals surface area (Å²) in [5.74, 6) is 1.08. The molecule has 1 fully saturated rings. The van der Waals surface area contributed by atoms with Crippen molar-refractivity contribution in [3.63, 3.8) is 0 Å². The van der Waals surface area contributed by atoms with Crippen molar-refractivity contribution >= 4 is 17.7 Å². The van der Waals surface area contributed by atoms with Crippen LogP contribution < -0.4 is 10.1 Å². The van der Waals surface area contributed by atoms with Crippen LogP contribution in [0.25, 0.3) is 0 Å². The number of ether oxygens (including phenoxy) is 1. The first kappa shape index (κ1) is 16.7. The van der Waals surface area contributed by atoms with E-state index in [2.05, 4.69) is 20.3 Å². The minimum absolute atomic E-state index is 0.0788. The molecule has 1 aliphatic carbocycles. The van der Waals surface area contributed by atoms with Crippen molar-refractivity contribution in [3.05, 3.63) is 43.1 Å². The molecule has 0 radical (unpaired) electrons. The van der Waals surface area contributed by atoms with E-state index in [-0.39, 0.29) is 18.1 Å². The van der Waals surface area contributed by atoms with Crippen molar-refractivity contribution in [2.24, 2.45) is 0 Å². The summed E-state index contributed by atoms with van der Waals surface area (Å²) < 4.78 is 5.82. The zero-order chi connectivity index (χ0) is 16.6. The van der Waals surface area contributed by atoms with Gasteiger partial charge in [0.05, 0.1) is 11.9 Å². The summed E-state index contributed by atoms with van der Waals surface area (Å²) in [6.07, 6.45) is 12.2. The summed E-state index contributed by atoms with van der Waals surface area (Å²) in [6, 6.07) is 4.05. The van der Waals surface area contributed by atoms with Crippen LogP contribution in [-0.4, -0.2) is 38.8 Å². The highest BCUT2D eigenvalue weighted by atomic mass is 32.2. The number of pyridine rings is 1. The van der Waals surface area contributed by atoms with Gasteiger partial charge >= 0.3 is 0 Å². The van der Waals surface area contributed by atoms with Crippen LogP contribution in [0.1, 0.15) is 25.7 Å². The average Bonchev–Trinajstić information content (AvgIpc) is 2.63. The monoisotopic (exact) mass is 344 g/mol. The van der Waals surface area contributed by atoms with Gasteiger partial charge in [-0.3, -0.25) is 14.8 Å². The minimum Gasteiger partial charge on any atom is -0.473 e. The van der Waals surface area contributed by atoms with Crippen molar-refractivity contribution < 1.29 is 9.53 Å². The van der Waals surface area contributed by atoms with Crippen molar-refractivity contribution in [3.8, 4) is 5.88 Å². The number of aromatic nitrogens is 3. The van der Waals surface area contributed by atoms with Gasteiger partial charge in [0.1, 0.15) is 6.10 Å². The Morgan fingerprint density at radius 3 is 2.62 bits per heavy atom. The molecule has 0 bridgehead atoms. The zero-order valence-corrected chi connectivity index (χ0v) is 14.1. The topological polar surface area (TPSA) is 77.0 Å². The maximum Gasteiger partial charge on any atom is 0.232 e. The van der Waals surface area contributed by atoms with Gasteiger partial charge in [-0.05, 0) is 37.8 Å². The quantitative estimate of drug-likeness (QED) is 0.811. The highest BCUT2D eigenvalue weighted by Crippen LogP contribution is 2.23. The molecule has 6 nitrogen and oxygen atoms in total. The third kappa shape index (κ3) is 5.19. The number of hydrogen-bond acceptors (Lipinski definition) is 6. The molecule has 1 aliphatic rings. The number of amides is 1. The van der Waals surface area contributed by atoms with E-state index in [0.717, 1.165) is 30.6 Å². The van der Waals surface area contributed by atoms with Gasteiger partial charge in [0.25, 0.3) is 0 Å². The normalized spacial score (nSPS) is 20.3. The highest BCUT2D eigenvalue weighted by molar-refractivity contribution is 8.00. The number of carbonyl (C=O) groups excluding carboxylic acids is 1. The SMILES string of the molecule is O=C(CSc1ccncc1)NC1CCC(Oc2cnccn2)CC1. The summed E-state index contributed by atoms with van der Waals surface area (Å²) in [5.41, 5.74) is 0. The minimum atomic E-state index is 0.0788. The van der Waals surface area contributed by atoms with Crippen LogP contribution in [0.5, 0.6) is 5.88 Å². The molecule has 24 heavy (non-hydrogen) atoms. The number of nitrogens with zero attached hydrogens (tertiary/aromatic N) is 3. The number of carbonyl (C=O) groups is 1. The van der Waals surface area contributed by atoms with Gasteiger partial charge in [-0.25, -0.2) is 4.98 Å². The lowest BCUT2D eigenvalue weighted by atomic mass is 9.93. The van der Waals surface area contributed by atoms with Gasteiger partial charge in [-0.1, -0.05) is 0 Å². The van der Waals surface area contributed by atoms with E-state index >= 15 is 0 Å². The molecule has 0 saturated heterocycles. The Kier molecular flexibility index (Phi) is 6.01. The molecular formula is C17H20N4O2S. The molecular weight excluding hydrogens is 324 g/mol. The standard InChI is InChI=1S/C17H20N4O2S/c22-16(12-24-15-5-7-18-8-6-15)21-13-1-3-14(4-2-13)23-17-11-19-9-10-20-17/h5-11,13-14H,1-4,12H2,(H,21,22). The van der Waals surface area contributed by atoms with Gasteiger partial charge in [0.2, 0.25) is 11.8 Å². The fourth-order valence-corrected chi connectivity index (χ4v) is 3.39. The lowest BCUT2D eigenvalue weighted by Gasteiger charge is -2.29. The van der Waals surface area contributed by atoms with E-state index in [1.165, 1.54) is 11.8 Å². The van der Waals surface area contributed by atoms with Crippen LogP contribution in [0.15, 0.2) is 48.0 Å². The molecule has 1 N–H and O–H groups in total. The van der Waals surface area contributed by atoms with Crippen molar-refractivity contribution in [1.82, 2.24) is 20.3 Å². The molecule has 1 saturated carbocycles. The molecule has 126 valence electrons. The van der Waals surface area contributed by atoms with Gasteiger partial charge in [0, 0.05) is 35.7 Å². The number of thioether (sulfide) groups is 1. The van der Waals surface area contributed by atoms with E-state index in [1.54, 1.807) is 31.0 Å². The molecule has 0 unspecified atom stereocenters. The van der Waals surface area contributed by atoms with Gasteiger partial charge in [-0.2, -0.15) is 0 Å². The Bertz CT molecular complexity index is 634. The summed E-state index contributed by atoms with van der Waals surface area (Å²) in [4.78, 5) is 25.2. The van der Waals surface area contributed by atoms with Crippen LogP contribution in [0.3, 0.4) is 0 Å².